The number of thiophene rings is 1. The Morgan fingerprint density at radius 3 is 2.70 bits per heavy atom. The number of hydrogen-bond acceptors (Lipinski definition) is 5. The van der Waals surface area contributed by atoms with Crippen molar-refractivity contribution in [3.05, 3.63) is 65.4 Å². The average Bonchev–Trinajstić information content (AvgIpc) is 3.29. The van der Waals surface area contributed by atoms with Gasteiger partial charge >= 0.3 is 0 Å². The summed E-state index contributed by atoms with van der Waals surface area (Å²) in [5.41, 5.74) is 2.41. The molecule has 0 spiro atoms. The highest BCUT2D eigenvalue weighted by Gasteiger charge is 2.15. The van der Waals surface area contributed by atoms with Gasteiger partial charge in [0.05, 0.1) is 21.6 Å². The number of rotatable bonds is 2. The minimum Gasteiger partial charge on any atom is -0.365 e. The van der Waals surface area contributed by atoms with E-state index in [9.17, 15) is 0 Å². The predicted molar refractivity (Wildman–Crippen MR) is 110 cm³/mol. The van der Waals surface area contributed by atoms with Crippen molar-refractivity contribution in [1.82, 2.24) is 19.6 Å². The summed E-state index contributed by atoms with van der Waals surface area (Å²) in [6.07, 6.45) is 3.51. The summed E-state index contributed by atoms with van der Waals surface area (Å²) in [6.45, 7) is 6.37. The Balaban J connectivity index is 1.69. The summed E-state index contributed by atoms with van der Waals surface area (Å²) in [5.74, 6) is 7.20. The standard InChI is InChI=1S/C21H19N5S/c1-21(2,3)25-20-14-17(24-19-11-13-23-26(19)20)18-10-9-16(27-18)8-7-15-6-4-5-12-22-15/h4-6,9-14,25H,1-3H3. The van der Waals surface area contributed by atoms with Crippen LogP contribution in [-0.2, 0) is 0 Å². The van der Waals surface area contributed by atoms with Crippen molar-refractivity contribution in [2.24, 2.45) is 0 Å². The molecule has 0 bridgehead atoms. The summed E-state index contributed by atoms with van der Waals surface area (Å²) < 4.78 is 1.82. The molecule has 0 aliphatic rings. The lowest BCUT2D eigenvalue weighted by molar-refractivity contribution is 0.625. The molecule has 4 aromatic heterocycles. The van der Waals surface area contributed by atoms with Gasteiger partial charge in [0, 0.05) is 23.9 Å². The first-order valence-corrected chi connectivity index (χ1v) is 9.46. The molecule has 0 aromatic carbocycles. The van der Waals surface area contributed by atoms with Crippen LogP contribution in [0.25, 0.3) is 16.2 Å². The fourth-order valence-electron chi connectivity index (χ4n) is 2.62. The SMILES string of the molecule is CC(C)(C)Nc1cc(-c2ccc(C#Cc3ccccn3)s2)nc2ccnn12. The maximum atomic E-state index is 4.74. The number of pyridine rings is 1. The molecule has 0 amide bonds. The van der Waals surface area contributed by atoms with Crippen LogP contribution in [0.2, 0.25) is 0 Å². The van der Waals surface area contributed by atoms with Crippen LogP contribution < -0.4 is 5.32 Å². The molecule has 5 nitrogen and oxygen atoms in total. The zero-order valence-electron chi connectivity index (χ0n) is 15.4. The monoisotopic (exact) mass is 373 g/mol. The molecule has 0 atom stereocenters. The summed E-state index contributed by atoms with van der Waals surface area (Å²) in [6, 6.07) is 13.8. The van der Waals surface area contributed by atoms with Crippen molar-refractivity contribution in [3.63, 3.8) is 0 Å². The number of hydrogen-bond donors (Lipinski definition) is 1. The normalized spacial score (nSPS) is 11.2. The van der Waals surface area contributed by atoms with Gasteiger partial charge < -0.3 is 5.32 Å². The number of nitrogens with zero attached hydrogens (tertiary/aromatic N) is 4. The van der Waals surface area contributed by atoms with E-state index in [0.717, 1.165) is 32.6 Å². The highest BCUT2D eigenvalue weighted by molar-refractivity contribution is 7.16. The summed E-state index contributed by atoms with van der Waals surface area (Å²) in [4.78, 5) is 11.0. The van der Waals surface area contributed by atoms with Gasteiger partial charge in [-0.1, -0.05) is 6.07 Å². The van der Waals surface area contributed by atoms with Crippen molar-refractivity contribution in [2.75, 3.05) is 5.32 Å². The quantitative estimate of drug-likeness (QED) is 0.527. The van der Waals surface area contributed by atoms with Crippen LogP contribution >= 0.6 is 11.3 Å². The van der Waals surface area contributed by atoms with Crippen molar-refractivity contribution in [1.29, 1.82) is 0 Å². The van der Waals surface area contributed by atoms with Crippen LogP contribution in [0.4, 0.5) is 5.82 Å². The highest BCUT2D eigenvalue weighted by Crippen LogP contribution is 2.29. The molecule has 0 saturated heterocycles. The number of nitrogens with one attached hydrogen (secondary N) is 1. The van der Waals surface area contributed by atoms with E-state index in [4.69, 9.17) is 4.98 Å². The zero-order valence-corrected chi connectivity index (χ0v) is 16.2. The van der Waals surface area contributed by atoms with Gasteiger partial charge in [-0.3, -0.25) is 0 Å². The molecule has 0 aliphatic carbocycles. The lowest BCUT2D eigenvalue weighted by Gasteiger charge is -2.22. The Labute approximate surface area is 162 Å². The van der Waals surface area contributed by atoms with E-state index in [1.807, 2.05) is 40.9 Å². The Bertz CT molecular complexity index is 1140. The van der Waals surface area contributed by atoms with E-state index in [1.165, 1.54) is 0 Å². The number of anilines is 1. The molecular formula is C21H19N5S. The van der Waals surface area contributed by atoms with Crippen LogP contribution in [-0.4, -0.2) is 25.1 Å². The second kappa shape index (κ2) is 6.86. The highest BCUT2D eigenvalue weighted by atomic mass is 32.1. The molecule has 4 aromatic rings. The third-order valence-electron chi connectivity index (χ3n) is 3.70. The largest absolute Gasteiger partial charge is 0.365 e. The van der Waals surface area contributed by atoms with Crippen molar-refractivity contribution in [3.8, 4) is 22.4 Å². The molecule has 1 N–H and O–H groups in total. The van der Waals surface area contributed by atoms with E-state index in [0.29, 0.717) is 0 Å². The van der Waals surface area contributed by atoms with E-state index in [2.05, 4.69) is 54.1 Å². The summed E-state index contributed by atoms with van der Waals surface area (Å²) >= 11 is 1.62. The summed E-state index contributed by atoms with van der Waals surface area (Å²) in [5, 5.41) is 7.87. The third kappa shape index (κ3) is 3.99. The second-order valence-corrected chi connectivity index (χ2v) is 8.22. The fraction of sp³-hybridized carbons (Fsp3) is 0.190. The van der Waals surface area contributed by atoms with Crippen molar-refractivity contribution >= 4 is 22.8 Å². The lowest BCUT2D eigenvalue weighted by atomic mass is 10.1. The van der Waals surface area contributed by atoms with Crippen molar-refractivity contribution < 1.29 is 0 Å². The molecule has 0 fully saturated rings. The van der Waals surface area contributed by atoms with Crippen LogP contribution in [0.5, 0.6) is 0 Å². The maximum Gasteiger partial charge on any atom is 0.158 e. The predicted octanol–water partition coefficient (Wildman–Crippen LogP) is 4.46. The smallest absolute Gasteiger partial charge is 0.158 e. The molecule has 6 heteroatoms. The van der Waals surface area contributed by atoms with Gasteiger partial charge in [0.15, 0.2) is 5.65 Å². The van der Waals surface area contributed by atoms with E-state index >= 15 is 0 Å². The van der Waals surface area contributed by atoms with Gasteiger partial charge in [0.2, 0.25) is 0 Å². The molecule has 0 saturated carbocycles. The van der Waals surface area contributed by atoms with Gasteiger partial charge in [-0.25, -0.2) is 9.97 Å². The van der Waals surface area contributed by atoms with E-state index < -0.39 is 0 Å². The average molecular weight is 373 g/mol. The maximum absolute atomic E-state index is 4.74. The first-order valence-electron chi connectivity index (χ1n) is 8.64. The molecule has 0 aliphatic heterocycles. The second-order valence-electron chi connectivity index (χ2n) is 7.13. The Morgan fingerprint density at radius 1 is 1.04 bits per heavy atom. The zero-order chi connectivity index (χ0) is 18.9. The van der Waals surface area contributed by atoms with Crippen LogP contribution in [0.3, 0.4) is 0 Å². The lowest BCUT2D eigenvalue weighted by Crippen LogP contribution is -2.27. The molecule has 0 unspecified atom stereocenters. The Hall–Kier alpha value is -3.17. The molecule has 0 radical (unpaired) electrons. The first-order chi connectivity index (χ1) is 13.0. The van der Waals surface area contributed by atoms with Gasteiger partial charge in [-0.15, -0.1) is 11.3 Å². The first kappa shape index (κ1) is 17.3. The summed E-state index contributed by atoms with van der Waals surface area (Å²) in [7, 11) is 0. The molecule has 4 heterocycles. The minimum atomic E-state index is -0.0771. The van der Waals surface area contributed by atoms with Crippen LogP contribution in [0.1, 0.15) is 31.3 Å². The van der Waals surface area contributed by atoms with Gasteiger partial charge in [0.1, 0.15) is 11.5 Å². The molecule has 134 valence electrons. The van der Waals surface area contributed by atoms with Crippen molar-refractivity contribution in [2.45, 2.75) is 26.3 Å². The van der Waals surface area contributed by atoms with E-state index in [1.54, 1.807) is 23.7 Å². The fourth-order valence-corrected chi connectivity index (χ4v) is 3.44. The Kier molecular flexibility index (Phi) is 4.38. The van der Waals surface area contributed by atoms with Gasteiger partial charge in [-0.05, 0) is 56.9 Å². The van der Waals surface area contributed by atoms with E-state index in [-0.39, 0.29) is 5.54 Å². The van der Waals surface area contributed by atoms with Gasteiger partial charge in [0.25, 0.3) is 0 Å². The number of aromatic nitrogens is 4. The van der Waals surface area contributed by atoms with Crippen LogP contribution in [0.15, 0.2) is 54.9 Å². The molecular weight excluding hydrogens is 354 g/mol. The topological polar surface area (TPSA) is 55.1 Å². The minimum absolute atomic E-state index is 0.0771. The molecule has 4 rings (SSSR count). The van der Waals surface area contributed by atoms with Crippen LogP contribution in [0, 0.1) is 11.8 Å². The molecule has 27 heavy (non-hydrogen) atoms. The number of fused-ring (bicyclic) bond motifs is 1. The Morgan fingerprint density at radius 2 is 1.93 bits per heavy atom. The van der Waals surface area contributed by atoms with Gasteiger partial charge in [-0.2, -0.15) is 9.61 Å². The third-order valence-corrected chi connectivity index (χ3v) is 4.72.